The van der Waals surface area contributed by atoms with Crippen LogP contribution in [0, 0.1) is 24.3 Å². The first-order valence-electron chi connectivity index (χ1n) is 12.9. The fourth-order valence-electron chi connectivity index (χ4n) is 4.13. The Morgan fingerprint density at radius 3 is 2.58 bits per heavy atom. The summed E-state index contributed by atoms with van der Waals surface area (Å²) in [5.74, 6) is 6.13. The molecule has 2 nitrogen and oxygen atoms in total. The second-order valence-corrected chi connectivity index (χ2v) is 9.83. The Balaban J connectivity index is 1.90. The van der Waals surface area contributed by atoms with E-state index < -0.39 is 0 Å². The Hall–Kier alpha value is -3.92. The van der Waals surface area contributed by atoms with E-state index in [0.29, 0.717) is 6.54 Å². The molecular formula is C35H36N2S. The molecule has 3 aromatic rings. The van der Waals surface area contributed by atoms with Gasteiger partial charge in [0.05, 0.1) is 12.2 Å². The van der Waals surface area contributed by atoms with E-state index in [1.807, 2.05) is 43.2 Å². The average Bonchev–Trinajstić information content (AvgIpc) is 2.96. The van der Waals surface area contributed by atoms with Gasteiger partial charge in [0.15, 0.2) is 0 Å². The summed E-state index contributed by atoms with van der Waals surface area (Å²) < 4.78 is 0. The zero-order valence-corrected chi connectivity index (χ0v) is 23.7. The lowest BCUT2D eigenvalue weighted by atomic mass is 10.0. The Kier molecular flexibility index (Phi) is 11.1. The maximum absolute atomic E-state index is 6.07. The molecule has 0 spiro atoms. The standard InChI is InChI=1S/C35H36N2S/c1-7-11-15-28(9-3)25-36-27(5)31-18-13-17-30(23-31)26-37(10-4)34-24-33(20-21-35(34)38-6)32-19-12-16-29(22-32)14-8-2/h4,9,12-13,16-25H,3,7,11,15,26H2,1-2,5-6H3/b28-25+,36-27?. The van der Waals surface area contributed by atoms with Crippen LogP contribution < -0.4 is 4.90 Å². The molecule has 38 heavy (non-hydrogen) atoms. The third kappa shape index (κ3) is 7.79. The molecule has 192 valence electrons. The fourth-order valence-corrected chi connectivity index (χ4v) is 4.72. The van der Waals surface area contributed by atoms with Crippen LogP contribution >= 0.6 is 11.8 Å². The number of terminal acetylenes is 1. The number of hydrogen-bond acceptors (Lipinski definition) is 3. The van der Waals surface area contributed by atoms with Crippen molar-refractivity contribution in [2.45, 2.75) is 51.5 Å². The summed E-state index contributed by atoms with van der Waals surface area (Å²) in [7, 11) is 0. The van der Waals surface area contributed by atoms with Gasteiger partial charge in [-0.2, -0.15) is 0 Å². The molecule has 0 aromatic heterocycles. The van der Waals surface area contributed by atoms with Gasteiger partial charge < -0.3 is 0 Å². The second-order valence-electron chi connectivity index (χ2n) is 8.98. The molecule has 0 fully saturated rings. The van der Waals surface area contributed by atoms with Crippen LogP contribution in [0.5, 0.6) is 0 Å². The van der Waals surface area contributed by atoms with Crippen LogP contribution in [0.15, 0.2) is 101 Å². The normalized spacial score (nSPS) is 11.3. The molecule has 0 radical (unpaired) electrons. The molecular weight excluding hydrogens is 480 g/mol. The van der Waals surface area contributed by atoms with Gasteiger partial charge in [0.1, 0.15) is 0 Å². The van der Waals surface area contributed by atoms with E-state index >= 15 is 0 Å². The minimum atomic E-state index is 0.597. The van der Waals surface area contributed by atoms with Crippen molar-refractivity contribution < 1.29 is 0 Å². The van der Waals surface area contributed by atoms with E-state index in [0.717, 1.165) is 68.9 Å². The minimum Gasteiger partial charge on any atom is -0.296 e. The van der Waals surface area contributed by atoms with Crippen molar-refractivity contribution >= 4 is 23.2 Å². The van der Waals surface area contributed by atoms with Gasteiger partial charge in [-0.25, -0.2) is 0 Å². The largest absolute Gasteiger partial charge is 0.296 e. The van der Waals surface area contributed by atoms with Crippen LogP contribution in [0.25, 0.3) is 11.1 Å². The first kappa shape index (κ1) is 28.6. The maximum atomic E-state index is 6.07. The van der Waals surface area contributed by atoms with Crippen molar-refractivity contribution in [3.63, 3.8) is 0 Å². The lowest BCUT2D eigenvalue weighted by Crippen LogP contribution is -2.17. The van der Waals surface area contributed by atoms with E-state index in [-0.39, 0.29) is 0 Å². The Morgan fingerprint density at radius 2 is 1.87 bits per heavy atom. The third-order valence-electron chi connectivity index (χ3n) is 6.28. The predicted octanol–water partition coefficient (Wildman–Crippen LogP) is 9.11. The van der Waals surface area contributed by atoms with Crippen molar-refractivity contribution in [3.05, 3.63) is 108 Å². The summed E-state index contributed by atoms with van der Waals surface area (Å²) in [4.78, 5) is 7.85. The van der Waals surface area contributed by atoms with Gasteiger partial charge in [-0.3, -0.25) is 9.89 Å². The number of hydrogen-bond donors (Lipinski definition) is 0. The summed E-state index contributed by atoms with van der Waals surface area (Å²) in [5, 5.41) is 0. The van der Waals surface area contributed by atoms with Crippen LogP contribution in [0.3, 0.4) is 0 Å². The van der Waals surface area contributed by atoms with Gasteiger partial charge in [0.25, 0.3) is 0 Å². The number of unbranched alkanes of at least 4 members (excludes halogenated alkanes) is 1. The molecule has 0 aliphatic rings. The number of benzene rings is 3. The van der Waals surface area contributed by atoms with Crippen molar-refractivity contribution in [3.8, 4) is 35.4 Å². The van der Waals surface area contributed by atoms with Crippen molar-refractivity contribution in [1.82, 2.24) is 0 Å². The van der Waals surface area contributed by atoms with Gasteiger partial charge in [0, 0.05) is 28.4 Å². The molecule has 0 amide bonds. The summed E-state index contributed by atoms with van der Waals surface area (Å²) in [5.41, 5.74) is 8.61. The molecule has 0 heterocycles. The monoisotopic (exact) mass is 516 g/mol. The molecule has 0 unspecified atom stereocenters. The summed E-state index contributed by atoms with van der Waals surface area (Å²) in [6, 6.07) is 26.1. The van der Waals surface area contributed by atoms with Gasteiger partial charge in [-0.1, -0.05) is 74.7 Å². The SMILES string of the molecule is C#CN(Cc1cccc(C(C)=N/C=C(\C=C)CCCC)c1)c1cc(-c2cccc(C#CC)c2)ccc1SC. The lowest BCUT2D eigenvalue weighted by molar-refractivity contribution is 0.796. The molecule has 0 saturated heterocycles. The molecule has 0 atom stereocenters. The number of rotatable bonds is 11. The Bertz CT molecular complexity index is 1430. The number of allylic oxidation sites excluding steroid dienone is 2. The molecule has 0 bridgehead atoms. The molecule has 0 N–H and O–H groups in total. The van der Waals surface area contributed by atoms with Gasteiger partial charge in [-0.05, 0) is 91.1 Å². The van der Waals surface area contributed by atoms with Crippen molar-refractivity contribution in [2.75, 3.05) is 11.2 Å². The molecule has 3 aromatic carbocycles. The van der Waals surface area contributed by atoms with Crippen LogP contribution in [0.1, 0.15) is 56.7 Å². The van der Waals surface area contributed by atoms with Crippen LogP contribution in [0.2, 0.25) is 0 Å². The number of nitrogens with zero attached hydrogens (tertiary/aromatic N) is 2. The second kappa shape index (κ2) is 14.7. The smallest absolute Gasteiger partial charge is 0.0634 e. The van der Waals surface area contributed by atoms with E-state index in [1.165, 1.54) is 0 Å². The van der Waals surface area contributed by atoms with E-state index in [2.05, 4.69) is 92.2 Å². The molecule has 0 saturated carbocycles. The highest BCUT2D eigenvalue weighted by Crippen LogP contribution is 2.34. The fraction of sp³-hybridized carbons (Fsp3) is 0.229. The van der Waals surface area contributed by atoms with E-state index in [9.17, 15) is 0 Å². The number of anilines is 1. The van der Waals surface area contributed by atoms with Crippen LogP contribution in [0.4, 0.5) is 5.69 Å². The van der Waals surface area contributed by atoms with Crippen LogP contribution in [-0.4, -0.2) is 12.0 Å². The summed E-state index contributed by atoms with van der Waals surface area (Å²) in [6.45, 7) is 10.6. The highest BCUT2D eigenvalue weighted by Gasteiger charge is 2.13. The maximum Gasteiger partial charge on any atom is 0.0634 e. The Labute approximate surface area is 233 Å². The minimum absolute atomic E-state index is 0.597. The zero-order chi connectivity index (χ0) is 27.3. The van der Waals surface area contributed by atoms with Crippen LogP contribution in [-0.2, 0) is 6.54 Å². The molecule has 3 heteroatoms. The summed E-state index contributed by atoms with van der Waals surface area (Å²) >= 11 is 1.70. The van der Waals surface area contributed by atoms with Gasteiger partial charge in [-0.15, -0.1) is 17.7 Å². The van der Waals surface area contributed by atoms with E-state index in [4.69, 9.17) is 11.4 Å². The van der Waals surface area contributed by atoms with E-state index in [1.54, 1.807) is 11.8 Å². The highest BCUT2D eigenvalue weighted by atomic mass is 32.2. The first-order valence-corrected chi connectivity index (χ1v) is 14.2. The van der Waals surface area contributed by atoms with Crippen molar-refractivity contribution in [2.24, 2.45) is 4.99 Å². The zero-order valence-electron chi connectivity index (χ0n) is 22.9. The molecule has 0 aliphatic carbocycles. The quantitative estimate of drug-likeness (QED) is 0.0830. The molecule has 0 aliphatic heterocycles. The highest BCUT2D eigenvalue weighted by molar-refractivity contribution is 7.98. The molecule has 3 rings (SSSR count). The average molecular weight is 517 g/mol. The van der Waals surface area contributed by atoms with Crippen molar-refractivity contribution in [1.29, 1.82) is 0 Å². The lowest BCUT2D eigenvalue weighted by Gasteiger charge is -2.22. The summed E-state index contributed by atoms with van der Waals surface area (Å²) in [6.07, 6.45) is 15.3. The van der Waals surface area contributed by atoms with Gasteiger partial charge in [0.2, 0.25) is 0 Å². The van der Waals surface area contributed by atoms with Gasteiger partial charge >= 0.3 is 0 Å². The third-order valence-corrected chi connectivity index (χ3v) is 7.07. The predicted molar refractivity (Wildman–Crippen MR) is 168 cm³/mol. The number of aliphatic imine (C=N–C) groups is 1. The number of thioether (sulfide) groups is 1. The first-order chi connectivity index (χ1) is 18.5. The Morgan fingerprint density at radius 1 is 1.08 bits per heavy atom. The topological polar surface area (TPSA) is 15.6 Å².